The van der Waals surface area contributed by atoms with Crippen LogP contribution in [-0.2, 0) is 4.79 Å². The molecule has 0 radical (unpaired) electrons. The zero-order chi connectivity index (χ0) is 12.1. The second-order valence-corrected chi connectivity index (χ2v) is 4.76. The van der Waals surface area contributed by atoms with E-state index in [9.17, 15) is 4.79 Å². The van der Waals surface area contributed by atoms with Crippen molar-refractivity contribution in [2.75, 3.05) is 13.7 Å². The van der Waals surface area contributed by atoms with E-state index >= 15 is 0 Å². The molecule has 1 aromatic carbocycles. The number of carbonyl (C=O) groups excluding carboxylic acids is 1. The van der Waals surface area contributed by atoms with Crippen LogP contribution in [0.4, 0.5) is 0 Å². The Labute approximate surface area is 105 Å². The first kappa shape index (κ1) is 13.0. The Balaban J connectivity index is 2.49. The molecule has 0 aromatic heterocycles. The fourth-order valence-corrected chi connectivity index (χ4v) is 1.47. The predicted molar refractivity (Wildman–Crippen MR) is 67.5 cm³/mol. The van der Waals surface area contributed by atoms with Gasteiger partial charge in [-0.1, -0.05) is 22.0 Å². The SMILES string of the molecule is CC(C)N(C)C(=O)COc1cccc(Br)c1. The number of amides is 1. The third kappa shape index (κ3) is 3.85. The fraction of sp³-hybridized carbons (Fsp3) is 0.417. The molecule has 1 aromatic rings. The van der Waals surface area contributed by atoms with Crippen LogP contribution < -0.4 is 4.74 Å². The molecule has 0 aliphatic carbocycles. The highest BCUT2D eigenvalue weighted by molar-refractivity contribution is 9.10. The second-order valence-electron chi connectivity index (χ2n) is 3.84. The van der Waals surface area contributed by atoms with E-state index < -0.39 is 0 Å². The van der Waals surface area contributed by atoms with E-state index in [0.29, 0.717) is 5.75 Å². The number of likely N-dealkylation sites (N-methyl/N-ethyl adjacent to an activating group) is 1. The first-order chi connectivity index (χ1) is 7.50. The molecule has 0 saturated carbocycles. The Morgan fingerprint density at radius 2 is 2.19 bits per heavy atom. The average Bonchev–Trinajstić information content (AvgIpc) is 2.24. The van der Waals surface area contributed by atoms with Gasteiger partial charge in [-0.25, -0.2) is 0 Å². The summed E-state index contributed by atoms with van der Waals surface area (Å²) in [5.74, 6) is 0.676. The molecule has 0 bridgehead atoms. The topological polar surface area (TPSA) is 29.5 Å². The molecule has 1 amide bonds. The van der Waals surface area contributed by atoms with Gasteiger partial charge in [-0.05, 0) is 32.0 Å². The van der Waals surface area contributed by atoms with E-state index in [2.05, 4.69) is 15.9 Å². The van der Waals surface area contributed by atoms with Gasteiger partial charge in [0.25, 0.3) is 5.91 Å². The number of hydrogen-bond donors (Lipinski definition) is 0. The highest BCUT2D eigenvalue weighted by Crippen LogP contribution is 2.17. The van der Waals surface area contributed by atoms with Crippen molar-refractivity contribution in [3.8, 4) is 5.75 Å². The minimum atomic E-state index is -0.0185. The fourth-order valence-electron chi connectivity index (χ4n) is 1.09. The highest BCUT2D eigenvalue weighted by Gasteiger charge is 2.12. The minimum Gasteiger partial charge on any atom is -0.484 e. The maximum Gasteiger partial charge on any atom is 0.260 e. The van der Waals surface area contributed by atoms with Gasteiger partial charge in [-0.2, -0.15) is 0 Å². The Kier molecular flexibility index (Phi) is 4.80. The number of benzene rings is 1. The molecule has 3 nitrogen and oxygen atoms in total. The molecule has 0 aliphatic heterocycles. The first-order valence-electron chi connectivity index (χ1n) is 5.14. The van der Waals surface area contributed by atoms with Gasteiger partial charge in [-0.3, -0.25) is 4.79 Å². The number of carbonyl (C=O) groups is 1. The summed E-state index contributed by atoms with van der Waals surface area (Å²) in [6.07, 6.45) is 0. The van der Waals surface area contributed by atoms with Crippen LogP contribution in [0.25, 0.3) is 0 Å². The smallest absolute Gasteiger partial charge is 0.260 e. The molecule has 0 heterocycles. The van der Waals surface area contributed by atoms with Crippen molar-refractivity contribution in [2.24, 2.45) is 0 Å². The Morgan fingerprint density at radius 1 is 1.50 bits per heavy atom. The lowest BCUT2D eigenvalue weighted by Crippen LogP contribution is -2.36. The maximum absolute atomic E-state index is 11.6. The Hall–Kier alpha value is -1.03. The van der Waals surface area contributed by atoms with Gasteiger partial charge < -0.3 is 9.64 Å². The highest BCUT2D eigenvalue weighted by atomic mass is 79.9. The molecule has 0 fully saturated rings. The van der Waals surface area contributed by atoms with Crippen LogP contribution in [0, 0.1) is 0 Å². The summed E-state index contributed by atoms with van der Waals surface area (Å²) in [6.45, 7) is 4.01. The van der Waals surface area contributed by atoms with Crippen LogP contribution in [0.5, 0.6) is 5.75 Å². The summed E-state index contributed by atoms with van der Waals surface area (Å²) in [5, 5.41) is 0. The van der Waals surface area contributed by atoms with Crippen molar-refractivity contribution in [1.82, 2.24) is 4.90 Å². The van der Waals surface area contributed by atoms with E-state index in [0.717, 1.165) is 4.47 Å². The summed E-state index contributed by atoms with van der Waals surface area (Å²) in [7, 11) is 1.78. The van der Waals surface area contributed by atoms with E-state index in [-0.39, 0.29) is 18.6 Å². The van der Waals surface area contributed by atoms with Gasteiger partial charge in [0.1, 0.15) is 5.75 Å². The lowest BCUT2D eigenvalue weighted by Gasteiger charge is -2.21. The molecule has 4 heteroatoms. The van der Waals surface area contributed by atoms with Gasteiger partial charge in [-0.15, -0.1) is 0 Å². The van der Waals surface area contributed by atoms with Crippen molar-refractivity contribution >= 4 is 21.8 Å². The summed E-state index contributed by atoms with van der Waals surface area (Å²) in [5.41, 5.74) is 0. The zero-order valence-electron chi connectivity index (χ0n) is 9.74. The molecule has 16 heavy (non-hydrogen) atoms. The molecule has 0 atom stereocenters. The molecular formula is C12H16BrNO2. The summed E-state index contributed by atoms with van der Waals surface area (Å²) in [4.78, 5) is 13.3. The molecule has 0 aliphatic rings. The third-order valence-corrected chi connectivity index (χ3v) is 2.82. The van der Waals surface area contributed by atoms with Gasteiger partial charge >= 0.3 is 0 Å². The summed E-state index contributed by atoms with van der Waals surface area (Å²) < 4.78 is 6.34. The van der Waals surface area contributed by atoms with Crippen LogP contribution in [0.1, 0.15) is 13.8 Å². The quantitative estimate of drug-likeness (QED) is 0.851. The molecule has 0 saturated heterocycles. The standard InChI is InChI=1S/C12H16BrNO2/c1-9(2)14(3)12(15)8-16-11-6-4-5-10(13)7-11/h4-7,9H,8H2,1-3H3. The van der Waals surface area contributed by atoms with Gasteiger partial charge in [0.15, 0.2) is 6.61 Å². The van der Waals surface area contributed by atoms with Crippen molar-refractivity contribution in [1.29, 1.82) is 0 Å². The van der Waals surface area contributed by atoms with Gasteiger partial charge in [0.05, 0.1) is 0 Å². The maximum atomic E-state index is 11.6. The number of rotatable bonds is 4. The van der Waals surface area contributed by atoms with Crippen molar-refractivity contribution in [3.05, 3.63) is 28.7 Å². The Morgan fingerprint density at radius 3 is 2.75 bits per heavy atom. The second kappa shape index (κ2) is 5.89. The molecule has 0 unspecified atom stereocenters. The molecular weight excluding hydrogens is 270 g/mol. The third-order valence-electron chi connectivity index (χ3n) is 2.33. The van der Waals surface area contributed by atoms with E-state index in [1.54, 1.807) is 11.9 Å². The molecule has 1 rings (SSSR count). The minimum absolute atomic E-state index is 0.0185. The van der Waals surface area contributed by atoms with Gasteiger partial charge in [0.2, 0.25) is 0 Å². The molecule has 0 spiro atoms. The summed E-state index contributed by atoms with van der Waals surface area (Å²) in [6, 6.07) is 7.64. The summed E-state index contributed by atoms with van der Waals surface area (Å²) >= 11 is 3.35. The number of ether oxygens (including phenoxy) is 1. The molecule has 0 N–H and O–H groups in total. The van der Waals surface area contributed by atoms with E-state index in [4.69, 9.17) is 4.74 Å². The monoisotopic (exact) mass is 285 g/mol. The van der Waals surface area contributed by atoms with Crippen LogP contribution in [0.15, 0.2) is 28.7 Å². The number of hydrogen-bond acceptors (Lipinski definition) is 2. The van der Waals surface area contributed by atoms with E-state index in [1.807, 2.05) is 38.1 Å². The van der Waals surface area contributed by atoms with Crippen LogP contribution in [0.2, 0.25) is 0 Å². The van der Waals surface area contributed by atoms with Crippen LogP contribution >= 0.6 is 15.9 Å². The molecule has 88 valence electrons. The predicted octanol–water partition coefficient (Wildman–Crippen LogP) is 2.69. The van der Waals surface area contributed by atoms with Gasteiger partial charge in [0, 0.05) is 17.6 Å². The Bertz CT molecular complexity index is 366. The number of nitrogens with zero attached hydrogens (tertiary/aromatic N) is 1. The lowest BCUT2D eigenvalue weighted by molar-refractivity contribution is -0.133. The van der Waals surface area contributed by atoms with Crippen LogP contribution in [0.3, 0.4) is 0 Å². The zero-order valence-corrected chi connectivity index (χ0v) is 11.3. The normalized spacial score (nSPS) is 10.3. The van der Waals surface area contributed by atoms with E-state index in [1.165, 1.54) is 0 Å². The van der Waals surface area contributed by atoms with Crippen molar-refractivity contribution in [3.63, 3.8) is 0 Å². The number of halogens is 1. The van der Waals surface area contributed by atoms with Crippen molar-refractivity contribution < 1.29 is 9.53 Å². The van der Waals surface area contributed by atoms with Crippen molar-refractivity contribution in [2.45, 2.75) is 19.9 Å². The lowest BCUT2D eigenvalue weighted by atomic mass is 10.3. The average molecular weight is 286 g/mol. The first-order valence-corrected chi connectivity index (χ1v) is 5.94. The van der Waals surface area contributed by atoms with Crippen LogP contribution in [-0.4, -0.2) is 30.5 Å². The largest absolute Gasteiger partial charge is 0.484 e.